The Hall–Kier alpha value is -2.54. The Morgan fingerprint density at radius 2 is 2.19 bits per heavy atom. The van der Waals surface area contributed by atoms with Crippen LogP contribution in [0.4, 0.5) is 0 Å². The van der Waals surface area contributed by atoms with Crippen LogP contribution in [0.2, 0.25) is 0 Å². The number of aromatic hydroxyl groups is 2. The normalized spacial score (nSPS) is 12.0. The molecule has 0 bridgehead atoms. The van der Waals surface area contributed by atoms with Gasteiger partial charge in [0.2, 0.25) is 5.91 Å². The number of aromatic amines is 1. The summed E-state index contributed by atoms with van der Waals surface area (Å²) >= 11 is 0. The van der Waals surface area contributed by atoms with Crippen LogP contribution in [0.25, 0.3) is 0 Å². The number of hydrogen-bond donors (Lipinski definition) is 5. The molecule has 112 valence electrons. The minimum absolute atomic E-state index is 0.198. The van der Waals surface area contributed by atoms with Crippen molar-refractivity contribution in [2.24, 2.45) is 5.73 Å². The van der Waals surface area contributed by atoms with Crippen molar-refractivity contribution in [1.82, 2.24) is 15.3 Å². The number of hydrogen-bond acceptors (Lipinski definition) is 5. The van der Waals surface area contributed by atoms with Gasteiger partial charge in [0.05, 0.1) is 12.4 Å². The van der Waals surface area contributed by atoms with Crippen molar-refractivity contribution in [2.75, 3.05) is 6.54 Å². The highest BCUT2D eigenvalue weighted by Gasteiger charge is 2.14. The highest BCUT2D eigenvalue weighted by atomic mass is 16.3. The second-order valence-corrected chi connectivity index (χ2v) is 4.75. The van der Waals surface area contributed by atoms with Crippen LogP contribution in [-0.4, -0.2) is 38.7 Å². The standard InChI is InChI=1S/C14H18N4O3/c15-11(5-9-1-2-12(19)13(20)6-9)14(21)17-4-3-10-7-16-8-18-10/h1-2,6-8,11,19-20H,3-5,15H2,(H,16,18)(H,17,21)/t11-/m0/s1. The van der Waals surface area contributed by atoms with Crippen molar-refractivity contribution < 1.29 is 15.0 Å². The number of nitrogens with one attached hydrogen (secondary N) is 2. The number of nitrogens with two attached hydrogens (primary N) is 1. The number of phenols is 2. The average Bonchev–Trinajstić information content (AvgIpc) is 2.96. The van der Waals surface area contributed by atoms with Gasteiger partial charge in [-0.25, -0.2) is 4.98 Å². The van der Waals surface area contributed by atoms with Crippen molar-refractivity contribution in [3.05, 3.63) is 42.0 Å². The van der Waals surface area contributed by atoms with Crippen LogP contribution in [0.3, 0.4) is 0 Å². The lowest BCUT2D eigenvalue weighted by Gasteiger charge is -2.12. The predicted molar refractivity (Wildman–Crippen MR) is 76.8 cm³/mol. The first-order chi connectivity index (χ1) is 10.1. The number of amides is 1. The molecule has 0 aliphatic heterocycles. The highest BCUT2D eigenvalue weighted by Crippen LogP contribution is 2.25. The molecule has 0 aliphatic rings. The molecule has 6 N–H and O–H groups in total. The maximum atomic E-state index is 11.9. The lowest BCUT2D eigenvalue weighted by Crippen LogP contribution is -2.42. The monoisotopic (exact) mass is 290 g/mol. The summed E-state index contributed by atoms with van der Waals surface area (Å²) in [6, 6.07) is 3.67. The minimum atomic E-state index is -0.712. The van der Waals surface area contributed by atoms with E-state index in [1.165, 1.54) is 12.1 Å². The van der Waals surface area contributed by atoms with Gasteiger partial charge in [-0.15, -0.1) is 0 Å². The molecule has 1 aromatic heterocycles. The number of carbonyl (C=O) groups is 1. The lowest BCUT2D eigenvalue weighted by molar-refractivity contribution is -0.122. The molecule has 0 fully saturated rings. The number of phenolic OH excluding ortho intramolecular Hbond substituents is 2. The molecule has 1 aromatic carbocycles. The number of nitrogens with zero attached hydrogens (tertiary/aromatic N) is 1. The zero-order chi connectivity index (χ0) is 15.2. The Morgan fingerprint density at radius 1 is 1.38 bits per heavy atom. The second-order valence-electron chi connectivity index (χ2n) is 4.75. The third kappa shape index (κ3) is 4.22. The summed E-state index contributed by atoms with van der Waals surface area (Å²) in [5.74, 6) is -0.683. The smallest absolute Gasteiger partial charge is 0.237 e. The molecule has 0 unspecified atom stereocenters. The molecule has 2 aromatic rings. The molecular formula is C14H18N4O3. The van der Waals surface area contributed by atoms with Gasteiger partial charge in [0.25, 0.3) is 0 Å². The van der Waals surface area contributed by atoms with E-state index in [0.29, 0.717) is 18.5 Å². The number of carbonyl (C=O) groups excluding carboxylic acids is 1. The SMILES string of the molecule is N[C@@H](Cc1ccc(O)c(O)c1)C(=O)NCCc1cnc[nH]1. The largest absolute Gasteiger partial charge is 0.504 e. The number of imidazole rings is 1. The Morgan fingerprint density at radius 3 is 2.86 bits per heavy atom. The van der Waals surface area contributed by atoms with Crippen LogP contribution < -0.4 is 11.1 Å². The molecule has 1 heterocycles. The van der Waals surface area contributed by atoms with E-state index >= 15 is 0 Å². The van der Waals surface area contributed by atoms with Crippen molar-refractivity contribution in [3.8, 4) is 11.5 Å². The quantitative estimate of drug-likeness (QED) is 0.481. The molecule has 0 spiro atoms. The summed E-state index contributed by atoms with van der Waals surface area (Å²) < 4.78 is 0. The zero-order valence-electron chi connectivity index (χ0n) is 11.4. The Labute approximate surface area is 121 Å². The number of rotatable bonds is 6. The summed E-state index contributed by atoms with van der Waals surface area (Å²) in [5, 5.41) is 21.4. The van der Waals surface area contributed by atoms with Crippen LogP contribution in [0.1, 0.15) is 11.3 Å². The number of benzene rings is 1. The van der Waals surface area contributed by atoms with Crippen LogP contribution in [0, 0.1) is 0 Å². The number of aromatic nitrogens is 2. The minimum Gasteiger partial charge on any atom is -0.504 e. The zero-order valence-corrected chi connectivity index (χ0v) is 11.4. The van der Waals surface area contributed by atoms with Gasteiger partial charge in [0, 0.05) is 24.9 Å². The van der Waals surface area contributed by atoms with Gasteiger partial charge in [-0.05, 0) is 24.1 Å². The van der Waals surface area contributed by atoms with Crippen LogP contribution in [0.5, 0.6) is 11.5 Å². The van der Waals surface area contributed by atoms with Gasteiger partial charge >= 0.3 is 0 Å². The molecule has 7 nitrogen and oxygen atoms in total. The van der Waals surface area contributed by atoms with Crippen molar-refractivity contribution in [2.45, 2.75) is 18.9 Å². The maximum Gasteiger partial charge on any atom is 0.237 e. The van der Waals surface area contributed by atoms with E-state index in [1.54, 1.807) is 18.6 Å². The van der Waals surface area contributed by atoms with E-state index in [4.69, 9.17) is 5.73 Å². The predicted octanol–water partition coefficient (Wildman–Crippen LogP) is 0.0496. The molecule has 2 rings (SSSR count). The van der Waals surface area contributed by atoms with E-state index in [1.807, 2.05) is 0 Å². The highest BCUT2D eigenvalue weighted by molar-refractivity contribution is 5.81. The van der Waals surface area contributed by atoms with E-state index in [2.05, 4.69) is 15.3 Å². The molecule has 0 saturated carbocycles. The number of H-pyrrole nitrogens is 1. The van der Waals surface area contributed by atoms with Crippen molar-refractivity contribution in [3.63, 3.8) is 0 Å². The molecule has 1 amide bonds. The molecule has 0 saturated heterocycles. The molecular weight excluding hydrogens is 272 g/mol. The topological polar surface area (TPSA) is 124 Å². The van der Waals surface area contributed by atoms with Crippen LogP contribution in [0.15, 0.2) is 30.7 Å². The summed E-state index contributed by atoms with van der Waals surface area (Å²) in [4.78, 5) is 18.7. The first-order valence-electron chi connectivity index (χ1n) is 6.57. The molecule has 21 heavy (non-hydrogen) atoms. The summed E-state index contributed by atoms with van der Waals surface area (Å²) in [7, 11) is 0. The fourth-order valence-electron chi connectivity index (χ4n) is 1.92. The molecule has 7 heteroatoms. The van der Waals surface area contributed by atoms with E-state index in [0.717, 1.165) is 5.69 Å². The van der Waals surface area contributed by atoms with Crippen LogP contribution >= 0.6 is 0 Å². The molecule has 0 aliphatic carbocycles. The summed E-state index contributed by atoms with van der Waals surface area (Å²) in [6.07, 6.45) is 4.22. The maximum absolute atomic E-state index is 11.9. The summed E-state index contributed by atoms with van der Waals surface area (Å²) in [5.41, 5.74) is 7.44. The van der Waals surface area contributed by atoms with Crippen LogP contribution in [-0.2, 0) is 17.6 Å². The van der Waals surface area contributed by atoms with Gasteiger partial charge in [-0.3, -0.25) is 4.79 Å². The molecule has 1 atom stereocenters. The van der Waals surface area contributed by atoms with E-state index < -0.39 is 6.04 Å². The van der Waals surface area contributed by atoms with Crippen molar-refractivity contribution >= 4 is 5.91 Å². The third-order valence-corrected chi connectivity index (χ3v) is 3.08. The van der Waals surface area contributed by atoms with Crippen molar-refractivity contribution in [1.29, 1.82) is 0 Å². The first-order valence-corrected chi connectivity index (χ1v) is 6.57. The van der Waals surface area contributed by atoms with Gasteiger partial charge in [0.15, 0.2) is 11.5 Å². The third-order valence-electron chi connectivity index (χ3n) is 3.08. The van der Waals surface area contributed by atoms with Gasteiger partial charge in [-0.2, -0.15) is 0 Å². The van der Waals surface area contributed by atoms with E-state index in [9.17, 15) is 15.0 Å². The fourth-order valence-corrected chi connectivity index (χ4v) is 1.92. The second kappa shape index (κ2) is 6.76. The Bertz CT molecular complexity index is 598. The Kier molecular flexibility index (Phi) is 4.78. The van der Waals surface area contributed by atoms with Gasteiger partial charge in [-0.1, -0.05) is 6.07 Å². The lowest BCUT2D eigenvalue weighted by atomic mass is 10.1. The Balaban J connectivity index is 1.80. The van der Waals surface area contributed by atoms with Gasteiger partial charge in [0.1, 0.15) is 0 Å². The fraction of sp³-hybridized carbons (Fsp3) is 0.286. The first kappa shape index (κ1) is 14.9. The summed E-state index contributed by atoms with van der Waals surface area (Å²) in [6.45, 7) is 0.468. The van der Waals surface area contributed by atoms with E-state index in [-0.39, 0.29) is 23.8 Å². The average molecular weight is 290 g/mol. The molecule has 0 radical (unpaired) electrons. The van der Waals surface area contributed by atoms with Gasteiger partial charge < -0.3 is 26.2 Å².